The van der Waals surface area contributed by atoms with Crippen LogP contribution in [0.1, 0.15) is 59.8 Å². The predicted molar refractivity (Wildman–Crippen MR) is 167 cm³/mol. The molecule has 4 aromatic rings. The number of pyridine rings is 1. The van der Waals surface area contributed by atoms with E-state index in [9.17, 15) is 14.7 Å². The SMILES string of the molecule is O=C(Nc1ncnc2c1ncn2C1OC(COc2ncccc2C(=O)O)C2OC(C3=CCCc4ccccc43)OC21)NC1CCCC1. The second-order valence-electron chi connectivity index (χ2n) is 12.1. The first kappa shape index (κ1) is 29.5. The van der Waals surface area contributed by atoms with Gasteiger partial charge in [0.2, 0.25) is 5.88 Å². The highest BCUT2D eigenvalue weighted by atomic mass is 16.8. The highest BCUT2D eigenvalue weighted by Gasteiger charge is 2.55. The number of carbonyl (C=O) groups excluding carboxylic acids is 1. The van der Waals surface area contributed by atoms with Gasteiger partial charge >= 0.3 is 12.0 Å². The Bertz CT molecular complexity index is 1860. The first-order valence-corrected chi connectivity index (χ1v) is 15.8. The lowest BCUT2D eigenvalue weighted by molar-refractivity contribution is -0.128. The molecule has 14 heteroatoms. The summed E-state index contributed by atoms with van der Waals surface area (Å²) < 4.78 is 27.4. The number of hydrogen-bond acceptors (Lipinski definition) is 10. The lowest BCUT2D eigenvalue weighted by Gasteiger charge is -2.25. The summed E-state index contributed by atoms with van der Waals surface area (Å²) in [5.41, 5.74) is 4.04. The van der Waals surface area contributed by atoms with Gasteiger partial charge in [-0.05, 0) is 48.9 Å². The van der Waals surface area contributed by atoms with Crippen molar-refractivity contribution >= 4 is 34.6 Å². The van der Waals surface area contributed by atoms with Crippen molar-refractivity contribution in [2.24, 2.45) is 0 Å². The zero-order valence-electron chi connectivity index (χ0n) is 25.3. The van der Waals surface area contributed by atoms with Gasteiger partial charge in [-0.3, -0.25) is 9.88 Å². The number of nitrogens with zero attached hydrogens (tertiary/aromatic N) is 5. The fourth-order valence-corrected chi connectivity index (χ4v) is 6.93. The molecular weight excluding hydrogens is 606 g/mol. The molecule has 1 saturated carbocycles. The maximum atomic E-state index is 12.8. The van der Waals surface area contributed by atoms with Crippen LogP contribution < -0.4 is 15.4 Å². The first-order chi connectivity index (χ1) is 23.0. The summed E-state index contributed by atoms with van der Waals surface area (Å²) in [6.45, 7) is -0.0452. The van der Waals surface area contributed by atoms with Crippen LogP contribution in [0.15, 0.2) is 61.3 Å². The van der Waals surface area contributed by atoms with E-state index in [1.807, 2.05) is 12.1 Å². The molecule has 1 aromatic carbocycles. The number of carboxylic acids is 1. The minimum atomic E-state index is -1.15. The average molecular weight is 640 g/mol. The quantitative estimate of drug-likeness (QED) is 0.253. The molecule has 2 aliphatic carbocycles. The number of allylic oxidation sites excluding steroid dienone is 1. The van der Waals surface area contributed by atoms with E-state index < -0.39 is 36.8 Å². The maximum Gasteiger partial charge on any atom is 0.341 e. The number of aromatic nitrogens is 5. The van der Waals surface area contributed by atoms with Gasteiger partial charge in [0.25, 0.3) is 0 Å². The van der Waals surface area contributed by atoms with Gasteiger partial charge in [-0.25, -0.2) is 29.5 Å². The monoisotopic (exact) mass is 639 g/mol. The summed E-state index contributed by atoms with van der Waals surface area (Å²) in [6.07, 6.45) is 9.25. The molecule has 3 aromatic heterocycles. The summed E-state index contributed by atoms with van der Waals surface area (Å²) in [6, 6.07) is 11.0. The molecule has 47 heavy (non-hydrogen) atoms. The summed E-state index contributed by atoms with van der Waals surface area (Å²) >= 11 is 0. The summed E-state index contributed by atoms with van der Waals surface area (Å²) in [5, 5.41) is 15.5. The Morgan fingerprint density at radius 1 is 1.00 bits per heavy atom. The number of aromatic carboxylic acids is 1. The summed E-state index contributed by atoms with van der Waals surface area (Å²) in [5.74, 6) is -0.888. The van der Waals surface area contributed by atoms with Crippen LogP contribution in [0.3, 0.4) is 0 Å². The van der Waals surface area contributed by atoms with Crippen LogP contribution in [0, 0.1) is 0 Å². The maximum absolute atomic E-state index is 12.8. The van der Waals surface area contributed by atoms with Crippen molar-refractivity contribution in [1.29, 1.82) is 0 Å². The van der Waals surface area contributed by atoms with Crippen molar-refractivity contribution in [2.75, 3.05) is 11.9 Å². The number of hydrogen-bond donors (Lipinski definition) is 3. The Kier molecular flexibility index (Phi) is 7.75. The number of rotatable bonds is 8. The topological polar surface area (TPSA) is 172 Å². The van der Waals surface area contributed by atoms with Gasteiger partial charge in [-0.15, -0.1) is 0 Å². The molecule has 3 fully saturated rings. The van der Waals surface area contributed by atoms with E-state index in [0.29, 0.717) is 11.2 Å². The zero-order valence-corrected chi connectivity index (χ0v) is 25.3. The average Bonchev–Trinajstić information content (AvgIpc) is 3.89. The molecule has 0 spiro atoms. The fraction of sp³-hybridized carbons (Fsp3) is 0.394. The molecule has 8 rings (SSSR count). The van der Waals surface area contributed by atoms with E-state index in [1.54, 1.807) is 10.9 Å². The largest absolute Gasteiger partial charge is 0.477 e. The zero-order chi connectivity index (χ0) is 31.9. The van der Waals surface area contributed by atoms with E-state index in [1.165, 1.54) is 30.2 Å². The Hall–Kier alpha value is -4.92. The third-order valence-electron chi connectivity index (χ3n) is 9.15. The molecule has 2 saturated heterocycles. The van der Waals surface area contributed by atoms with Crippen molar-refractivity contribution in [2.45, 2.75) is 75.4 Å². The molecule has 242 valence electrons. The number of nitrogens with one attached hydrogen (secondary N) is 2. The van der Waals surface area contributed by atoms with Crippen LogP contribution in [-0.4, -0.2) is 78.9 Å². The molecule has 2 aliphatic heterocycles. The minimum absolute atomic E-state index is 0.0181. The fourth-order valence-electron chi connectivity index (χ4n) is 6.93. The number of ether oxygens (including phenoxy) is 4. The lowest BCUT2D eigenvalue weighted by Crippen LogP contribution is -2.36. The summed E-state index contributed by atoms with van der Waals surface area (Å²) in [4.78, 5) is 42.0. The van der Waals surface area contributed by atoms with E-state index in [4.69, 9.17) is 18.9 Å². The van der Waals surface area contributed by atoms with Crippen molar-refractivity contribution in [3.05, 3.63) is 78.0 Å². The second-order valence-corrected chi connectivity index (χ2v) is 12.1. The van der Waals surface area contributed by atoms with Gasteiger partial charge in [0.1, 0.15) is 36.8 Å². The Balaban J connectivity index is 1.08. The molecule has 14 nitrogen and oxygen atoms in total. The molecule has 4 aliphatic rings. The molecule has 2 amide bonds. The molecule has 5 unspecified atom stereocenters. The van der Waals surface area contributed by atoms with Gasteiger partial charge < -0.3 is 29.4 Å². The standard InChI is InChI=1S/C33H33N7O7/c41-31(42)22-13-6-14-34-29(22)44-15-23-25-26(47-32(46-25)21-12-5-8-18-7-1-4-11-20(18)21)30(45-23)40-17-37-24-27(35-16-36-28(24)40)39-33(43)38-19-9-2-3-10-19/h1,4,6-7,11-14,16-17,19,23,25-26,30,32H,2-3,5,8-10,15H2,(H,41,42)(H2,35,36,38,39,43). The molecule has 3 N–H and O–H groups in total. The number of imidazole rings is 1. The predicted octanol–water partition coefficient (Wildman–Crippen LogP) is 4.10. The minimum Gasteiger partial charge on any atom is -0.477 e. The molecule has 0 radical (unpaired) electrons. The number of fused-ring (bicyclic) bond motifs is 3. The van der Waals surface area contributed by atoms with E-state index in [0.717, 1.165) is 49.7 Å². The van der Waals surface area contributed by atoms with Crippen LogP contribution in [0.25, 0.3) is 16.7 Å². The van der Waals surface area contributed by atoms with Crippen molar-refractivity contribution in [3.63, 3.8) is 0 Å². The number of urea groups is 1. The van der Waals surface area contributed by atoms with Gasteiger partial charge in [-0.2, -0.15) is 0 Å². The summed E-state index contributed by atoms with van der Waals surface area (Å²) in [7, 11) is 0. The van der Waals surface area contributed by atoms with Crippen molar-refractivity contribution in [3.8, 4) is 5.88 Å². The number of carbonyl (C=O) groups is 2. The smallest absolute Gasteiger partial charge is 0.341 e. The Morgan fingerprint density at radius 2 is 1.85 bits per heavy atom. The van der Waals surface area contributed by atoms with Crippen molar-refractivity contribution in [1.82, 2.24) is 29.8 Å². The van der Waals surface area contributed by atoms with E-state index in [-0.39, 0.29) is 35.9 Å². The number of amides is 2. The van der Waals surface area contributed by atoms with Crippen LogP contribution in [0.4, 0.5) is 10.6 Å². The van der Waals surface area contributed by atoms with E-state index >= 15 is 0 Å². The highest BCUT2D eigenvalue weighted by Crippen LogP contribution is 2.45. The Morgan fingerprint density at radius 3 is 2.72 bits per heavy atom. The molecular formula is C33H33N7O7. The van der Waals surface area contributed by atoms with Gasteiger partial charge in [0, 0.05) is 17.8 Å². The van der Waals surface area contributed by atoms with Gasteiger partial charge in [0.05, 0.1) is 6.33 Å². The van der Waals surface area contributed by atoms with Gasteiger partial charge in [-0.1, -0.05) is 43.2 Å². The third kappa shape index (κ3) is 5.58. The third-order valence-corrected chi connectivity index (χ3v) is 9.15. The highest BCUT2D eigenvalue weighted by molar-refractivity contribution is 5.96. The normalized spacial score (nSPS) is 25.3. The molecule has 5 atom stereocenters. The van der Waals surface area contributed by atoms with Gasteiger partial charge in [0.15, 0.2) is 29.5 Å². The molecule has 0 bridgehead atoms. The van der Waals surface area contributed by atoms with E-state index in [2.05, 4.69) is 48.8 Å². The number of carboxylic acid groups (broad SMARTS) is 1. The lowest BCUT2D eigenvalue weighted by atomic mass is 9.90. The first-order valence-electron chi connectivity index (χ1n) is 15.8. The van der Waals surface area contributed by atoms with Crippen molar-refractivity contribution < 1.29 is 33.6 Å². The number of aryl methyl sites for hydroxylation is 1. The van der Waals surface area contributed by atoms with Crippen LogP contribution >= 0.6 is 0 Å². The number of anilines is 1. The van der Waals surface area contributed by atoms with Crippen LogP contribution in [0.5, 0.6) is 5.88 Å². The van der Waals surface area contributed by atoms with Crippen LogP contribution in [-0.2, 0) is 20.6 Å². The number of benzene rings is 1. The Labute approximate surface area is 269 Å². The molecule has 5 heterocycles. The van der Waals surface area contributed by atoms with Crippen LogP contribution in [0.2, 0.25) is 0 Å². The second kappa shape index (κ2) is 12.4.